The first-order valence-electron chi connectivity index (χ1n) is 10.4. The lowest BCUT2D eigenvalue weighted by molar-refractivity contribution is 0.0337. The zero-order chi connectivity index (χ0) is 21.9. The number of para-hydroxylation sites is 1. The molecule has 6 nitrogen and oxygen atoms in total. The molecular formula is C24H21ClN4O2S. The molecule has 32 heavy (non-hydrogen) atoms. The monoisotopic (exact) mass is 464 g/mol. The van der Waals surface area contributed by atoms with Gasteiger partial charge in [0, 0.05) is 46.6 Å². The van der Waals surface area contributed by atoms with Crippen LogP contribution in [0.5, 0.6) is 0 Å². The van der Waals surface area contributed by atoms with Crippen LogP contribution in [-0.2, 0) is 11.3 Å². The fourth-order valence-corrected chi connectivity index (χ4v) is 4.69. The van der Waals surface area contributed by atoms with E-state index >= 15 is 0 Å². The number of hydrogen-bond acceptors (Lipinski definition) is 6. The Morgan fingerprint density at radius 1 is 1.03 bits per heavy atom. The zero-order valence-electron chi connectivity index (χ0n) is 17.3. The molecular weight excluding hydrogens is 444 g/mol. The number of pyridine rings is 1. The molecule has 1 N–H and O–H groups in total. The number of nitrogens with zero attached hydrogens (tertiary/aromatic N) is 3. The average Bonchev–Trinajstić information content (AvgIpc) is 3.26. The number of aromatic nitrogens is 2. The van der Waals surface area contributed by atoms with Gasteiger partial charge in [0.1, 0.15) is 5.69 Å². The second-order valence-corrected chi connectivity index (χ2v) is 8.81. The number of anilines is 1. The maximum absolute atomic E-state index is 12.9. The van der Waals surface area contributed by atoms with Gasteiger partial charge in [0.2, 0.25) is 0 Å². The van der Waals surface area contributed by atoms with E-state index in [-0.39, 0.29) is 5.91 Å². The highest BCUT2D eigenvalue weighted by atomic mass is 35.5. The summed E-state index contributed by atoms with van der Waals surface area (Å²) in [5, 5.41) is 7.03. The number of rotatable bonds is 5. The Labute approximate surface area is 194 Å². The van der Waals surface area contributed by atoms with Crippen molar-refractivity contribution in [2.75, 3.05) is 31.6 Å². The molecule has 1 saturated heterocycles. The molecule has 4 aromatic rings. The number of hydrogen-bond donors (Lipinski definition) is 1. The Bertz CT molecular complexity index is 1270. The number of amides is 1. The number of fused-ring (bicyclic) bond motifs is 1. The van der Waals surface area contributed by atoms with Crippen molar-refractivity contribution in [2.45, 2.75) is 6.54 Å². The van der Waals surface area contributed by atoms with Gasteiger partial charge in [0.05, 0.1) is 24.4 Å². The first-order valence-corrected chi connectivity index (χ1v) is 11.6. The Balaban J connectivity index is 1.37. The molecule has 0 unspecified atom stereocenters. The molecule has 3 heterocycles. The van der Waals surface area contributed by atoms with Crippen molar-refractivity contribution in [3.63, 3.8) is 0 Å². The minimum absolute atomic E-state index is 0.284. The molecule has 0 radical (unpaired) electrons. The first kappa shape index (κ1) is 21.0. The van der Waals surface area contributed by atoms with Crippen molar-refractivity contribution in [1.29, 1.82) is 0 Å². The van der Waals surface area contributed by atoms with E-state index in [4.69, 9.17) is 16.3 Å². The van der Waals surface area contributed by atoms with E-state index in [0.717, 1.165) is 60.6 Å². The van der Waals surface area contributed by atoms with Gasteiger partial charge in [-0.3, -0.25) is 15.0 Å². The van der Waals surface area contributed by atoms with Gasteiger partial charge >= 0.3 is 0 Å². The molecule has 2 aromatic carbocycles. The second kappa shape index (κ2) is 9.34. The lowest BCUT2D eigenvalue weighted by Crippen LogP contribution is -2.35. The highest BCUT2D eigenvalue weighted by Crippen LogP contribution is 2.32. The average molecular weight is 465 g/mol. The van der Waals surface area contributed by atoms with E-state index in [1.807, 2.05) is 53.9 Å². The number of ether oxygens (including phenoxy) is 1. The molecule has 2 aromatic heterocycles. The van der Waals surface area contributed by atoms with E-state index < -0.39 is 0 Å². The molecule has 0 spiro atoms. The Kier molecular flexibility index (Phi) is 6.14. The number of nitrogens with one attached hydrogen (secondary N) is 1. The topological polar surface area (TPSA) is 67.4 Å². The number of thiazole rings is 1. The van der Waals surface area contributed by atoms with Crippen molar-refractivity contribution >= 4 is 44.9 Å². The minimum Gasteiger partial charge on any atom is -0.379 e. The van der Waals surface area contributed by atoms with Crippen LogP contribution in [0.2, 0.25) is 5.02 Å². The molecule has 5 rings (SSSR count). The van der Waals surface area contributed by atoms with Crippen LogP contribution in [0.3, 0.4) is 0 Å². The summed E-state index contributed by atoms with van der Waals surface area (Å²) in [6.07, 6.45) is 0. The number of carbonyl (C=O) groups excluding carboxylic acids is 1. The van der Waals surface area contributed by atoms with Crippen molar-refractivity contribution in [3.8, 4) is 11.1 Å². The van der Waals surface area contributed by atoms with Crippen LogP contribution >= 0.6 is 22.9 Å². The quantitative estimate of drug-likeness (QED) is 0.445. The maximum Gasteiger partial charge on any atom is 0.276 e. The molecule has 162 valence electrons. The normalized spacial score (nSPS) is 14.5. The summed E-state index contributed by atoms with van der Waals surface area (Å²) in [6.45, 7) is 4.04. The van der Waals surface area contributed by atoms with E-state index in [1.165, 1.54) is 11.3 Å². The molecule has 1 amide bonds. The number of halogens is 1. The van der Waals surface area contributed by atoms with Crippen LogP contribution in [0.4, 0.5) is 5.13 Å². The third-order valence-corrected chi connectivity index (χ3v) is 6.51. The Morgan fingerprint density at radius 3 is 2.69 bits per heavy atom. The standard InChI is InChI=1S/C24H21ClN4O2S/c25-20-7-2-1-5-18(20)19-6-3-4-16-8-9-21(27-22(16)19)23(30)28-24-26-17(15-32-24)14-29-10-12-31-13-11-29/h1-9,15H,10-14H2,(H,26,28,30). The number of carbonyl (C=O) groups is 1. The van der Waals surface area contributed by atoms with Crippen molar-refractivity contribution in [1.82, 2.24) is 14.9 Å². The predicted molar refractivity (Wildman–Crippen MR) is 128 cm³/mol. The Hall–Kier alpha value is -2.84. The largest absolute Gasteiger partial charge is 0.379 e. The number of benzene rings is 2. The van der Waals surface area contributed by atoms with Crippen LogP contribution in [0.1, 0.15) is 16.2 Å². The molecule has 0 bridgehead atoms. The molecule has 1 fully saturated rings. The third kappa shape index (κ3) is 4.52. The van der Waals surface area contributed by atoms with E-state index in [0.29, 0.717) is 15.8 Å². The lowest BCUT2D eigenvalue weighted by atomic mass is 10.0. The van der Waals surface area contributed by atoms with Crippen LogP contribution < -0.4 is 5.32 Å². The van der Waals surface area contributed by atoms with Gasteiger partial charge in [0.15, 0.2) is 5.13 Å². The summed E-state index contributed by atoms with van der Waals surface area (Å²) in [7, 11) is 0. The van der Waals surface area contributed by atoms with Crippen LogP contribution in [-0.4, -0.2) is 47.1 Å². The van der Waals surface area contributed by atoms with Gasteiger partial charge < -0.3 is 4.74 Å². The molecule has 0 aliphatic carbocycles. The van der Waals surface area contributed by atoms with Crippen LogP contribution in [0, 0.1) is 0 Å². The zero-order valence-corrected chi connectivity index (χ0v) is 18.8. The molecule has 1 aliphatic heterocycles. The summed E-state index contributed by atoms with van der Waals surface area (Å²) in [4.78, 5) is 24.4. The van der Waals surface area contributed by atoms with Crippen molar-refractivity contribution < 1.29 is 9.53 Å². The third-order valence-electron chi connectivity index (χ3n) is 5.38. The SMILES string of the molecule is O=C(Nc1nc(CN2CCOCC2)cs1)c1ccc2cccc(-c3ccccc3Cl)c2n1. The summed E-state index contributed by atoms with van der Waals surface area (Å²) in [5.74, 6) is -0.284. The fourth-order valence-electron chi connectivity index (χ4n) is 3.76. The highest BCUT2D eigenvalue weighted by molar-refractivity contribution is 7.14. The molecule has 8 heteroatoms. The lowest BCUT2D eigenvalue weighted by Gasteiger charge is -2.25. The van der Waals surface area contributed by atoms with Gasteiger partial charge in [-0.05, 0) is 12.1 Å². The summed E-state index contributed by atoms with van der Waals surface area (Å²) in [5.41, 5.74) is 3.80. The predicted octanol–water partition coefficient (Wildman–Crippen LogP) is 5.10. The highest BCUT2D eigenvalue weighted by Gasteiger charge is 2.16. The van der Waals surface area contributed by atoms with E-state index in [2.05, 4.69) is 20.2 Å². The smallest absolute Gasteiger partial charge is 0.276 e. The van der Waals surface area contributed by atoms with Gasteiger partial charge in [-0.1, -0.05) is 54.1 Å². The van der Waals surface area contributed by atoms with Crippen LogP contribution in [0.25, 0.3) is 22.0 Å². The second-order valence-electron chi connectivity index (χ2n) is 7.54. The Morgan fingerprint density at radius 2 is 1.84 bits per heavy atom. The number of morpholine rings is 1. The molecule has 1 aliphatic rings. The van der Waals surface area contributed by atoms with Gasteiger partial charge in [-0.15, -0.1) is 11.3 Å². The van der Waals surface area contributed by atoms with Crippen LogP contribution in [0.15, 0.2) is 60.0 Å². The summed E-state index contributed by atoms with van der Waals surface area (Å²) < 4.78 is 5.39. The minimum atomic E-state index is -0.284. The summed E-state index contributed by atoms with van der Waals surface area (Å²) in [6, 6.07) is 17.2. The van der Waals surface area contributed by atoms with Crippen molar-refractivity contribution in [3.05, 3.63) is 76.4 Å². The van der Waals surface area contributed by atoms with Crippen molar-refractivity contribution in [2.24, 2.45) is 0 Å². The van der Waals surface area contributed by atoms with E-state index in [1.54, 1.807) is 6.07 Å². The molecule has 0 atom stereocenters. The molecule has 0 saturated carbocycles. The fraction of sp³-hybridized carbons (Fsp3) is 0.208. The summed E-state index contributed by atoms with van der Waals surface area (Å²) >= 11 is 7.84. The van der Waals surface area contributed by atoms with Gasteiger partial charge in [0.25, 0.3) is 5.91 Å². The van der Waals surface area contributed by atoms with Gasteiger partial charge in [-0.2, -0.15) is 0 Å². The maximum atomic E-state index is 12.9. The van der Waals surface area contributed by atoms with Gasteiger partial charge in [-0.25, -0.2) is 9.97 Å². The van der Waals surface area contributed by atoms with E-state index in [9.17, 15) is 4.79 Å². The first-order chi connectivity index (χ1) is 15.7.